The van der Waals surface area contributed by atoms with E-state index in [4.69, 9.17) is 15.9 Å². The number of hydrogen-bond acceptors (Lipinski definition) is 5. The molecule has 0 aliphatic carbocycles. The van der Waals surface area contributed by atoms with E-state index in [1.165, 1.54) is 6.07 Å². The number of carboxylic acid groups (broad SMARTS) is 1. The van der Waals surface area contributed by atoms with E-state index in [-0.39, 0.29) is 35.7 Å². The van der Waals surface area contributed by atoms with Gasteiger partial charge in [-0.25, -0.2) is 17.9 Å². The molecule has 0 aliphatic rings. The summed E-state index contributed by atoms with van der Waals surface area (Å²) in [5.41, 5.74) is 5.26. The van der Waals surface area contributed by atoms with Gasteiger partial charge in [0.1, 0.15) is 0 Å². The van der Waals surface area contributed by atoms with Crippen LogP contribution in [0.2, 0.25) is 0 Å². The zero-order valence-electron chi connectivity index (χ0n) is 9.46. The van der Waals surface area contributed by atoms with E-state index in [0.29, 0.717) is 0 Å². The summed E-state index contributed by atoms with van der Waals surface area (Å²) in [6, 6.07) is 3.54. The van der Waals surface area contributed by atoms with Gasteiger partial charge < -0.3 is 15.9 Å². The Morgan fingerprint density at radius 3 is 2.61 bits per heavy atom. The second kappa shape index (κ2) is 5.80. The van der Waals surface area contributed by atoms with Crippen LogP contribution in [0.3, 0.4) is 0 Å². The van der Waals surface area contributed by atoms with Crippen molar-refractivity contribution in [1.29, 1.82) is 0 Å². The van der Waals surface area contributed by atoms with E-state index in [9.17, 15) is 13.2 Å². The fourth-order valence-corrected chi connectivity index (χ4v) is 2.61. The number of carboxylic acids is 1. The number of aliphatic hydroxyl groups excluding tert-OH is 1. The van der Waals surface area contributed by atoms with Crippen LogP contribution in [0.15, 0.2) is 23.1 Å². The second-order valence-electron chi connectivity index (χ2n) is 3.54. The zero-order valence-corrected chi connectivity index (χ0v) is 10.3. The van der Waals surface area contributed by atoms with Crippen LogP contribution in [0.1, 0.15) is 16.8 Å². The largest absolute Gasteiger partial charge is 0.478 e. The highest BCUT2D eigenvalue weighted by molar-refractivity contribution is 7.89. The summed E-state index contributed by atoms with van der Waals surface area (Å²) in [4.78, 5) is 10.6. The van der Waals surface area contributed by atoms with Crippen molar-refractivity contribution in [1.82, 2.24) is 4.72 Å². The van der Waals surface area contributed by atoms with Crippen LogP contribution < -0.4 is 10.5 Å². The van der Waals surface area contributed by atoms with Crippen LogP contribution in [0.5, 0.6) is 0 Å². The molecule has 8 heteroatoms. The monoisotopic (exact) mass is 274 g/mol. The number of nitrogens with two attached hydrogens (primary N) is 1. The predicted octanol–water partition coefficient (Wildman–Crippen LogP) is -0.372. The molecule has 0 aromatic heterocycles. The van der Waals surface area contributed by atoms with Crippen molar-refractivity contribution in [2.24, 2.45) is 0 Å². The van der Waals surface area contributed by atoms with Gasteiger partial charge in [-0.3, -0.25) is 0 Å². The first-order chi connectivity index (χ1) is 8.38. The van der Waals surface area contributed by atoms with Crippen LogP contribution >= 0.6 is 0 Å². The molecular formula is C10H14N2O5S. The maximum atomic E-state index is 11.9. The quantitative estimate of drug-likeness (QED) is 0.413. The standard InChI is InChI=1S/C10H14N2O5S/c11-7-2-3-8(10(14)15)9(6-7)18(16,17)12-4-1-5-13/h2-3,6,12-13H,1,4-5,11H2,(H,14,15). The number of carbonyl (C=O) groups is 1. The number of rotatable bonds is 6. The first-order valence-corrected chi connectivity index (χ1v) is 6.60. The summed E-state index contributed by atoms with van der Waals surface area (Å²) in [5, 5.41) is 17.5. The Morgan fingerprint density at radius 2 is 2.06 bits per heavy atom. The molecule has 0 amide bonds. The lowest BCUT2D eigenvalue weighted by Gasteiger charge is -2.09. The van der Waals surface area contributed by atoms with E-state index >= 15 is 0 Å². The molecule has 0 fully saturated rings. The maximum absolute atomic E-state index is 11.9. The normalized spacial score (nSPS) is 11.4. The number of hydrogen-bond donors (Lipinski definition) is 4. The SMILES string of the molecule is Nc1ccc(C(=O)O)c(S(=O)(=O)NCCCO)c1. The Kier molecular flexibility index (Phi) is 4.65. The average Bonchev–Trinajstić information content (AvgIpc) is 2.28. The van der Waals surface area contributed by atoms with E-state index in [2.05, 4.69) is 4.72 Å². The summed E-state index contributed by atoms with van der Waals surface area (Å²) in [6.45, 7) is -0.141. The summed E-state index contributed by atoms with van der Waals surface area (Å²) >= 11 is 0. The third-order valence-corrected chi connectivity index (χ3v) is 3.65. The fourth-order valence-electron chi connectivity index (χ4n) is 1.30. The Balaban J connectivity index is 3.14. The molecule has 0 heterocycles. The molecule has 1 aromatic carbocycles. The molecule has 0 unspecified atom stereocenters. The van der Waals surface area contributed by atoms with Crippen molar-refractivity contribution in [3.8, 4) is 0 Å². The van der Waals surface area contributed by atoms with Crippen LogP contribution in [0.4, 0.5) is 5.69 Å². The van der Waals surface area contributed by atoms with E-state index in [0.717, 1.165) is 12.1 Å². The molecule has 18 heavy (non-hydrogen) atoms. The molecule has 1 rings (SSSR count). The van der Waals surface area contributed by atoms with Gasteiger partial charge in [-0.05, 0) is 24.6 Å². The first kappa shape index (κ1) is 14.4. The predicted molar refractivity (Wildman–Crippen MR) is 64.7 cm³/mol. The molecule has 0 aliphatic heterocycles. The van der Waals surface area contributed by atoms with Gasteiger partial charge >= 0.3 is 5.97 Å². The number of aliphatic hydroxyl groups is 1. The van der Waals surface area contributed by atoms with Gasteiger partial charge in [0.05, 0.1) is 10.5 Å². The van der Waals surface area contributed by atoms with E-state index in [1.54, 1.807) is 0 Å². The summed E-state index contributed by atoms with van der Waals surface area (Å²) in [6.07, 6.45) is 0.240. The Bertz CT molecular complexity index is 541. The van der Waals surface area contributed by atoms with Crippen LogP contribution in [-0.2, 0) is 10.0 Å². The smallest absolute Gasteiger partial charge is 0.337 e. The van der Waals surface area contributed by atoms with Crippen molar-refractivity contribution < 1.29 is 23.4 Å². The van der Waals surface area contributed by atoms with Gasteiger partial charge in [0.25, 0.3) is 0 Å². The molecule has 0 spiro atoms. The molecule has 100 valence electrons. The van der Waals surface area contributed by atoms with Gasteiger partial charge in [-0.15, -0.1) is 0 Å². The van der Waals surface area contributed by atoms with Gasteiger partial charge in [-0.1, -0.05) is 0 Å². The Morgan fingerprint density at radius 1 is 1.39 bits per heavy atom. The number of sulfonamides is 1. The molecule has 0 saturated heterocycles. The molecule has 0 radical (unpaired) electrons. The molecule has 1 aromatic rings. The lowest BCUT2D eigenvalue weighted by atomic mass is 10.2. The highest BCUT2D eigenvalue weighted by Gasteiger charge is 2.22. The molecule has 0 saturated carbocycles. The van der Waals surface area contributed by atoms with Gasteiger partial charge in [0.2, 0.25) is 10.0 Å². The second-order valence-corrected chi connectivity index (χ2v) is 5.27. The molecule has 7 nitrogen and oxygen atoms in total. The number of nitrogen functional groups attached to an aromatic ring is 1. The number of aromatic carboxylic acids is 1. The van der Waals surface area contributed by atoms with Crippen molar-refractivity contribution in [2.45, 2.75) is 11.3 Å². The number of nitrogens with one attached hydrogen (secondary N) is 1. The van der Waals surface area contributed by atoms with Crippen LogP contribution in [0.25, 0.3) is 0 Å². The van der Waals surface area contributed by atoms with Crippen molar-refractivity contribution in [3.05, 3.63) is 23.8 Å². The minimum absolute atomic E-state index is 0.0205. The summed E-state index contributed by atoms with van der Waals surface area (Å²) in [7, 11) is -3.95. The maximum Gasteiger partial charge on any atom is 0.337 e. The third kappa shape index (κ3) is 3.42. The lowest BCUT2D eigenvalue weighted by molar-refractivity contribution is 0.0692. The van der Waals surface area contributed by atoms with E-state index < -0.39 is 16.0 Å². The van der Waals surface area contributed by atoms with E-state index in [1.807, 2.05) is 0 Å². The Labute approximate surface area is 104 Å². The van der Waals surface area contributed by atoms with Crippen LogP contribution in [-0.4, -0.2) is 37.8 Å². The molecular weight excluding hydrogens is 260 g/mol. The molecule has 5 N–H and O–H groups in total. The highest BCUT2D eigenvalue weighted by Crippen LogP contribution is 2.19. The summed E-state index contributed by atoms with van der Waals surface area (Å²) < 4.78 is 25.9. The lowest BCUT2D eigenvalue weighted by Crippen LogP contribution is -2.27. The third-order valence-electron chi connectivity index (χ3n) is 2.15. The fraction of sp³-hybridized carbons (Fsp3) is 0.300. The van der Waals surface area contributed by atoms with Gasteiger partial charge in [0, 0.05) is 18.8 Å². The molecule has 0 atom stereocenters. The minimum atomic E-state index is -3.95. The molecule has 0 bridgehead atoms. The zero-order chi connectivity index (χ0) is 13.8. The first-order valence-electron chi connectivity index (χ1n) is 5.12. The van der Waals surface area contributed by atoms with Gasteiger partial charge in [-0.2, -0.15) is 0 Å². The Hall–Kier alpha value is -1.64. The summed E-state index contributed by atoms with van der Waals surface area (Å²) in [5.74, 6) is -1.35. The van der Waals surface area contributed by atoms with Crippen LogP contribution in [0, 0.1) is 0 Å². The van der Waals surface area contributed by atoms with Gasteiger partial charge in [0.15, 0.2) is 0 Å². The minimum Gasteiger partial charge on any atom is -0.478 e. The van der Waals surface area contributed by atoms with Crippen molar-refractivity contribution >= 4 is 21.7 Å². The van der Waals surface area contributed by atoms with Crippen molar-refractivity contribution in [2.75, 3.05) is 18.9 Å². The highest BCUT2D eigenvalue weighted by atomic mass is 32.2. The van der Waals surface area contributed by atoms with Crippen molar-refractivity contribution in [3.63, 3.8) is 0 Å². The topological polar surface area (TPSA) is 130 Å². The number of benzene rings is 1. The average molecular weight is 274 g/mol. The number of anilines is 1.